The van der Waals surface area contributed by atoms with Crippen LogP contribution in [0.25, 0.3) is 0 Å². The Morgan fingerprint density at radius 1 is 1.20 bits per heavy atom. The number of carbonyl (C=O) groups excluding carboxylic acids is 1. The van der Waals surface area contributed by atoms with Crippen LogP contribution in [-0.2, 0) is 22.6 Å². The molecule has 0 spiro atoms. The van der Waals surface area contributed by atoms with Crippen molar-refractivity contribution in [2.75, 3.05) is 37.2 Å². The number of nitrogens with one attached hydrogen (secondary N) is 2. The first kappa shape index (κ1) is 24.8. The van der Waals surface area contributed by atoms with E-state index in [1.807, 2.05) is 4.57 Å². The van der Waals surface area contributed by atoms with Gasteiger partial charge in [-0.3, -0.25) is 4.79 Å². The van der Waals surface area contributed by atoms with E-state index in [-0.39, 0.29) is 23.6 Å². The third-order valence-corrected chi connectivity index (χ3v) is 6.48. The maximum atomic E-state index is 13.2. The maximum Gasteiger partial charge on any atom is 0.234 e. The zero-order valence-corrected chi connectivity index (χ0v) is 20.4. The monoisotopic (exact) mass is 501 g/mol. The van der Waals surface area contributed by atoms with Crippen LogP contribution < -0.4 is 20.1 Å². The molecule has 1 amide bonds. The van der Waals surface area contributed by atoms with Gasteiger partial charge in [0.25, 0.3) is 0 Å². The summed E-state index contributed by atoms with van der Waals surface area (Å²) in [7, 11) is 3.11. The summed E-state index contributed by atoms with van der Waals surface area (Å²) in [6.45, 7) is 1.75. The van der Waals surface area contributed by atoms with Gasteiger partial charge in [0.2, 0.25) is 5.91 Å². The number of carbonyl (C=O) groups is 1. The van der Waals surface area contributed by atoms with Gasteiger partial charge in [-0.15, -0.1) is 10.2 Å². The Balaban J connectivity index is 1.42. The van der Waals surface area contributed by atoms with Crippen LogP contribution in [0.3, 0.4) is 0 Å². The maximum absolute atomic E-state index is 13.2. The third-order valence-electron chi connectivity index (χ3n) is 5.51. The van der Waals surface area contributed by atoms with Gasteiger partial charge in [0.15, 0.2) is 11.0 Å². The molecule has 1 aliphatic rings. The molecule has 1 atom stereocenters. The molecule has 1 aromatic heterocycles. The highest BCUT2D eigenvalue weighted by molar-refractivity contribution is 7.99. The van der Waals surface area contributed by atoms with Crippen LogP contribution in [-0.4, -0.2) is 53.4 Å². The molecule has 1 unspecified atom stereocenters. The lowest BCUT2D eigenvalue weighted by Gasteiger charge is -2.15. The van der Waals surface area contributed by atoms with Crippen LogP contribution in [0, 0.1) is 5.82 Å². The second kappa shape index (κ2) is 11.9. The SMILES string of the molecule is COc1ccc(NC(=O)CSc2nnc(CNc3ccc(F)cc3)n2CC2CCCO2)c(OC)c1. The lowest BCUT2D eigenvalue weighted by atomic mass is 10.2. The van der Waals surface area contributed by atoms with Gasteiger partial charge in [-0.25, -0.2) is 4.39 Å². The smallest absolute Gasteiger partial charge is 0.234 e. The van der Waals surface area contributed by atoms with Gasteiger partial charge in [0, 0.05) is 18.4 Å². The Morgan fingerprint density at radius 2 is 2.03 bits per heavy atom. The second-order valence-corrected chi connectivity index (χ2v) is 8.85. The summed E-state index contributed by atoms with van der Waals surface area (Å²) in [5.74, 6) is 1.52. The molecule has 0 bridgehead atoms. The summed E-state index contributed by atoms with van der Waals surface area (Å²) >= 11 is 1.30. The van der Waals surface area contributed by atoms with Crippen molar-refractivity contribution in [1.82, 2.24) is 14.8 Å². The van der Waals surface area contributed by atoms with Crippen molar-refractivity contribution in [3.8, 4) is 11.5 Å². The number of rotatable bonds is 11. The highest BCUT2D eigenvalue weighted by Crippen LogP contribution is 2.29. The molecular weight excluding hydrogens is 473 g/mol. The predicted octanol–water partition coefficient (Wildman–Crippen LogP) is 3.96. The van der Waals surface area contributed by atoms with E-state index in [1.54, 1.807) is 37.4 Å². The van der Waals surface area contributed by atoms with Crippen molar-refractivity contribution in [1.29, 1.82) is 0 Å². The number of amides is 1. The molecule has 2 heterocycles. The molecule has 186 valence electrons. The average molecular weight is 502 g/mol. The third kappa shape index (κ3) is 6.64. The summed E-state index contributed by atoms with van der Waals surface area (Å²) in [6.07, 6.45) is 2.06. The van der Waals surface area contributed by atoms with E-state index in [1.165, 1.54) is 31.0 Å². The molecule has 11 heteroatoms. The minimum atomic E-state index is -0.290. The number of nitrogens with zero attached hydrogens (tertiary/aromatic N) is 3. The van der Waals surface area contributed by atoms with Gasteiger partial charge in [0.05, 0.1) is 44.9 Å². The Kier molecular flexibility index (Phi) is 8.43. The standard InChI is InChI=1S/C24H28FN5O4S/c1-32-18-9-10-20(21(12-18)33-2)27-23(31)15-35-24-29-28-22(30(24)14-19-4-3-11-34-19)13-26-17-7-5-16(25)6-8-17/h5-10,12,19,26H,3-4,11,13-15H2,1-2H3,(H,27,31). The first-order valence-electron chi connectivity index (χ1n) is 11.2. The summed E-state index contributed by atoms with van der Waals surface area (Å²) in [4.78, 5) is 12.7. The number of aromatic nitrogens is 3. The second-order valence-electron chi connectivity index (χ2n) is 7.91. The van der Waals surface area contributed by atoms with Crippen LogP contribution in [0.2, 0.25) is 0 Å². The number of methoxy groups -OCH3 is 2. The molecule has 3 aromatic rings. The fourth-order valence-corrected chi connectivity index (χ4v) is 4.47. The number of benzene rings is 2. The number of halogens is 1. The number of ether oxygens (including phenoxy) is 3. The molecule has 1 aliphatic heterocycles. The van der Waals surface area contributed by atoms with Crippen molar-refractivity contribution < 1.29 is 23.4 Å². The normalized spacial score (nSPS) is 15.1. The molecule has 1 fully saturated rings. The first-order chi connectivity index (χ1) is 17.1. The zero-order valence-electron chi connectivity index (χ0n) is 19.6. The Morgan fingerprint density at radius 3 is 2.74 bits per heavy atom. The van der Waals surface area contributed by atoms with Crippen LogP contribution in [0.1, 0.15) is 18.7 Å². The molecule has 0 aliphatic carbocycles. The van der Waals surface area contributed by atoms with E-state index >= 15 is 0 Å². The van der Waals surface area contributed by atoms with Crippen molar-refractivity contribution in [3.63, 3.8) is 0 Å². The van der Waals surface area contributed by atoms with Crippen molar-refractivity contribution in [3.05, 3.63) is 54.1 Å². The predicted molar refractivity (Wildman–Crippen MR) is 132 cm³/mol. The lowest BCUT2D eigenvalue weighted by Crippen LogP contribution is -2.20. The molecule has 0 saturated carbocycles. The number of thioether (sulfide) groups is 1. The molecular formula is C24H28FN5O4S. The van der Waals surface area contributed by atoms with E-state index in [0.29, 0.717) is 41.3 Å². The molecule has 9 nitrogen and oxygen atoms in total. The molecule has 1 saturated heterocycles. The van der Waals surface area contributed by atoms with E-state index in [2.05, 4.69) is 20.8 Å². The van der Waals surface area contributed by atoms with Gasteiger partial charge in [-0.2, -0.15) is 0 Å². The largest absolute Gasteiger partial charge is 0.497 e. The summed E-state index contributed by atoms with van der Waals surface area (Å²) < 4.78 is 31.5. The van der Waals surface area contributed by atoms with Crippen molar-refractivity contribution >= 4 is 29.0 Å². The van der Waals surface area contributed by atoms with Crippen LogP contribution >= 0.6 is 11.8 Å². The quantitative estimate of drug-likeness (QED) is 0.381. The molecule has 4 rings (SSSR count). The number of hydrogen-bond donors (Lipinski definition) is 2. The number of anilines is 2. The van der Waals surface area contributed by atoms with Gasteiger partial charge in [0.1, 0.15) is 17.3 Å². The summed E-state index contributed by atoms with van der Waals surface area (Å²) in [5.41, 5.74) is 1.34. The summed E-state index contributed by atoms with van der Waals surface area (Å²) in [6, 6.07) is 11.3. The fraction of sp³-hybridized carbons (Fsp3) is 0.375. The molecule has 2 aromatic carbocycles. The van der Waals surface area contributed by atoms with E-state index in [4.69, 9.17) is 14.2 Å². The average Bonchev–Trinajstić information content (AvgIpc) is 3.53. The Hall–Kier alpha value is -3.31. The molecule has 2 N–H and O–H groups in total. The van der Waals surface area contributed by atoms with Crippen molar-refractivity contribution in [2.24, 2.45) is 0 Å². The minimum absolute atomic E-state index is 0.0762. The molecule has 0 radical (unpaired) electrons. The van der Waals surface area contributed by atoms with Gasteiger partial charge in [-0.1, -0.05) is 11.8 Å². The molecule has 35 heavy (non-hydrogen) atoms. The van der Waals surface area contributed by atoms with E-state index in [9.17, 15) is 9.18 Å². The van der Waals surface area contributed by atoms with Crippen molar-refractivity contribution in [2.45, 2.75) is 37.2 Å². The zero-order chi connectivity index (χ0) is 24.6. The van der Waals surface area contributed by atoms with Crippen LogP contribution in [0.5, 0.6) is 11.5 Å². The Bertz CT molecular complexity index is 1140. The fourth-order valence-electron chi connectivity index (χ4n) is 3.70. The van der Waals surface area contributed by atoms with E-state index in [0.717, 1.165) is 25.1 Å². The first-order valence-corrected chi connectivity index (χ1v) is 12.2. The highest BCUT2D eigenvalue weighted by Gasteiger charge is 2.22. The van der Waals surface area contributed by atoms with Gasteiger partial charge in [-0.05, 0) is 49.2 Å². The Labute approximate surface area is 207 Å². The van der Waals surface area contributed by atoms with E-state index < -0.39 is 0 Å². The summed E-state index contributed by atoms with van der Waals surface area (Å²) in [5, 5.41) is 15.4. The lowest BCUT2D eigenvalue weighted by molar-refractivity contribution is -0.113. The van der Waals surface area contributed by atoms with Crippen LogP contribution in [0.4, 0.5) is 15.8 Å². The van der Waals surface area contributed by atoms with Gasteiger partial charge < -0.3 is 29.4 Å². The van der Waals surface area contributed by atoms with Crippen LogP contribution in [0.15, 0.2) is 47.6 Å². The highest BCUT2D eigenvalue weighted by atomic mass is 32.2. The van der Waals surface area contributed by atoms with Gasteiger partial charge >= 0.3 is 0 Å². The minimum Gasteiger partial charge on any atom is -0.497 e. The topological polar surface area (TPSA) is 99.5 Å². The number of hydrogen-bond acceptors (Lipinski definition) is 8.